The molecule has 0 aromatic carbocycles. The average Bonchev–Trinajstić information content (AvgIpc) is 2.43. The van der Waals surface area contributed by atoms with E-state index in [4.69, 9.17) is 0 Å². The van der Waals surface area contributed by atoms with Gasteiger partial charge in [-0.1, -0.05) is 123 Å². The van der Waals surface area contributed by atoms with Crippen LogP contribution in [0, 0.1) is 6.92 Å². The van der Waals surface area contributed by atoms with E-state index in [1.165, 1.54) is 103 Å². The number of hydrogen-bond acceptors (Lipinski definition) is 0. The molecule has 0 unspecified atom stereocenters. The molecule has 1 heteroatoms. The molecule has 0 aromatic heterocycles. The molecular weight excluding hydrogens is 251 g/mol. The van der Waals surface area contributed by atoms with Gasteiger partial charge in [0.05, 0.1) is 0 Å². The number of unbranched alkanes of at least 4 members (excludes halogenated alkanes) is 16. The molecule has 0 atom stereocenters. The summed E-state index contributed by atoms with van der Waals surface area (Å²) in [7, 11) is 0. The van der Waals surface area contributed by atoms with Crippen LogP contribution < -0.4 is 0 Å². The second-order valence-corrected chi connectivity index (χ2v) is 6.16. The molecule has 1 radical (unpaired) electrons. The predicted octanol–water partition coefficient (Wildman–Crippen LogP) is 6.82. The third-order valence-electron chi connectivity index (χ3n) is 4.10. The Labute approximate surface area is 152 Å². The van der Waals surface area contributed by atoms with Crippen LogP contribution in [0.5, 0.6) is 0 Å². The van der Waals surface area contributed by atoms with Crippen molar-refractivity contribution in [1.29, 1.82) is 0 Å². The van der Waals surface area contributed by atoms with E-state index in [0.717, 1.165) is 6.42 Å². The molecule has 0 fully saturated rings. The summed E-state index contributed by atoms with van der Waals surface area (Å²) in [5.41, 5.74) is 0. The van der Waals surface area contributed by atoms with Crippen molar-refractivity contribution < 1.29 is 0 Å². The molecule has 0 aliphatic heterocycles. The van der Waals surface area contributed by atoms with E-state index in [1.54, 1.807) is 0 Å². The van der Waals surface area contributed by atoms with Crippen molar-refractivity contribution >= 4 is 29.6 Å². The van der Waals surface area contributed by atoms with Crippen molar-refractivity contribution in [2.75, 3.05) is 0 Å². The van der Waals surface area contributed by atoms with Crippen LogP contribution >= 0.6 is 0 Å². The van der Waals surface area contributed by atoms with Gasteiger partial charge in [0.2, 0.25) is 0 Å². The van der Waals surface area contributed by atoms with Crippen LogP contribution in [0.15, 0.2) is 0 Å². The van der Waals surface area contributed by atoms with Crippen molar-refractivity contribution in [3.8, 4) is 0 Å². The minimum atomic E-state index is 0. The van der Waals surface area contributed by atoms with Crippen molar-refractivity contribution in [3.63, 3.8) is 0 Å². The van der Waals surface area contributed by atoms with Crippen molar-refractivity contribution in [3.05, 3.63) is 6.92 Å². The summed E-state index contributed by atoms with van der Waals surface area (Å²) in [6.45, 7) is 6.18. The zero-order valence-electron chi connectivity index (χ0n) is 13.7. The molecule has 0 saturated heterocycles. The zero-order valence-corrected chi connectivity index (χ0v) is 13.7. The van der Waals surface area contributed by atoms with Crippen LogP contribution in [0.4, 0.5) is 0 Å². The van der Waals surface area contributed by atoms with E-state index in [1.807, 2.05) is 0 Å². The van der Waals surface area contributed by atoms with Crippen molar-refractivity contribution in [1.82, 2.24) is 0 Å². The molecule has 0 rings (SSSR count). The summed E-state index contributed by atoms with van der Waals surface area (Å²) >= 11 is 0. The van der Waals surface area contributed by atoms with Crippen LogP contribution in [0.1, 0.15) is 116 Å². The average molecular weight is 292 g/mol. The van der Waals surface area contributed by atoms with E-state index in [-0.39, 0.29) is 29.6 Å². The molecule has 117 valence electrons. The molecule has 0 aromatic rings. The Morgan fingerprint density at radius 3 is 0.950 bits per heavy atom. The summed E-state index contributed by atoms with van der Waals surface area (Å²) in [6, 6.07) is 0. The Morgan fingerprint density at radius 1 is 0.450 bits per heavy atom. The van der Waals surface area contributed by atoms with Gasteiger partial charge in [0.1, 0.15) is 0 Å². The zero-order chi connectivity index (χ0) is 14.0. The standard InChI is InChI=1S/C19H39.Na.H/c1-3-5-7-9-11-13-15-17-19-18-16-14-12-10-8-6-4-2;;/h1,3-19H2,2H3;;. The first kappa shape index (κ1) is 23.3. The first-order valence-corrected chi connectivity index (χ1v) is 9.21. The molecule has 0 spiro atoms. The van der Waals surface area contributed by atoms with Gasteiger partial charge in [-0.2, -0.15) is 0 Å². The Morgan fingerprint density at radius 2 is 0.700 bits per heavy atom. The Kier molecular flexibility index (Phi) is 25.9. The van der Waals surface area contributed by atoms with E-state index in [0.29, 0.717) is 0 Å². The quantitative estimate of drug-likeness (QED) is 0.216. The first-order valence-electron chi connectivity index (χ1n) is 9.21. The summed E-state index contributed by atoms with van der Waals surface area (Å²) in [5.74, 6) is 0. The van der Waals surface area contributed by atoms with Crippen LogP contribution in [-0.2, 0) is 0 Å². The molecule has 0 bridgehead atoms. The van der Waals surface area contributed by atoms with Crippen LogP contribution in [0.2, 0.25) is 0 Å². The second-order valence-electron chi connectivity index (χ2n) is 6.16. The summed E-state index contributed by atoms with van der Waals surface area (Å²) < 4.78 is 0. The summed E-state index contributed by atoms with van der Waals surface area (Å²) in [4.78, 5) is 0. The van der Waals surface area contributed by atoms with Crippen molar-refractivity contribution in [2.45, 2.75) is 116 Å². The van der Waals surface area contributed by atoms with Gasteiger partial charge >= 0.3 is 29.6 Å². The Balaban J connectivity index is 0. The van der Waals surface area contributed by atoms with Gasteiger partial charge in [-0.25, -0.2) is 0 Å². The summed E-state index contributed by atoms with van der Waals surface area (Å²) in [6.07, 6.45) is 24.3. The van der Waals surface area contributed by atoms with Gasteiger partial charge in [-0.05, 0) is 0 Å². The Hall–Kier alpha value is 1.00. The fourth-order valence-electron chi connectivity index (χ4n) is 2.72. The molecule has 0 aliphatic carbocycles. The fraction of sp³-hybridized carbons (Fsp3) is 0.947. The molecule has 0 aliphatic rings. The first-order chi connectivity index (χ1) is 9.41. The van der Waals surface area contributed by atoms with E-state index in [2.05, 4.69) is 13.8 Å². The fourth-order valence-corrected chi connectivity index (χ4v) is 2.72. The molecule has 0 heterocycles. The predicted molar refractivity (Wildman–Crippen MR) is 96.7 cm³/mol. The SMILES string of the molecule is [CH2]CCCCCCCCCCCCCCCCCC.[NaH]. The molecule has 0 amide bonds. The van der Waals surface area contributed by atoms with E-state index in [9.17, 15) is 0 Å². The van der Waals surface area contributed by atoms with E-state index < -0.39 is 0 Å². The van der Waals surface area contributed by atoms with Gasteiger partial charge in [-0.3, -0.25) is 0 Å². The molecule has 0 N–H and O–H groups in total. The monoisotopic (exact) mass is 291 g/mol. The molecular formula is C19H40Na. The molecule has 20 heavy (non-hydrogen) atoms. The van der Waals surface area contributed by atoms with Crippen LogP contribution in [-0.4, -0.2) is 29.6 Å². The van der Waals surface area contributed by atoms with Crippen molar-refractivity contribution in [2.24, 2.45) is 0 Å². The van der Waals surface area contributed by atoms with Gasteiger partial charge in [0, 0.05) is 0 Å². The van der Waals surface area contributed by atoms with Gasteiger partial charge in [0.25, 0.3) is 0 Å². The maximum atomic E-state index is 3.89. The third kappa shape index (κ3) is 21.3. The minimum absolute atomic E-state index is 0. The number of hydrogen-bond donors (Lipinski definition) is 0. The van der Waals surface area contributed by atoms with E-state index >= 15 is 0 Å². The molecule has 0 nitrogen and oxygen atoms in total. The third-order valence-corrected chi connectivity index (χ3v) is 4.10. The molecule has 0 saturated carbocycles. The number of rotatable bonds is 16. The second kappa shape index (κ2) is 22.3. The van der Waals surface area contributed by atoms with Gasteiger partial charge in [-0.15, -0.1) is 0 Å². The maximum absolute atomic E-state index is 3.89. The normalized spacial score (nSPS) is 10.5. The topological polar surface area (TPSA) is 0 Å². The summed E-state index contributed by atoms with van der Waals surface area (Å²) in [5, 5.41) is 0. The van der Waals surface area contributed by atoms with Crippen LogP contribution in [0.3, 0.4) is 0 Å². The Bertz CT molecular complexity index is 129. The van der Waals surface area contributed by atoms with Gasteiger partial charge < -0.3 is 0 Å². The van der Waals surface area contributed by atoms with Crippen LogP contribution in [0.25, 0.3) is 0 Å². The van der Waals surface area contributed by atoms with Gasteiger partial charge in [0.15, 0.2) is 0 Å².